The molecular formula is C6H8BrNO2S. The second-order valence-corrected chi connectivity index (χ2v) is 4.64. The van der Waals surface area contributed by atoms with E-state index in [0.717, 1.165) is 5.70 Å². The van der Waals surface area contributed by atoms with Gasteiger partial charge in [-0.25, -0.2) is 0 Å². The van der Waals surface area contributed by atoms with E-state index in [0.29, 0.717) is 0 Å². The number of rotatable bonds is 2. The van der Waals surface area contributed by atoms with Crippen molar-refractivity contribution < 1.29 is 9.90 Å². The molecule has 0 spiro atoms. The molecule has 0 radical (unpaired) electrons. The van der Waals surface area contributed by atoms with Crippen LogP contribution in [0, 0.1) is 0 Å². The molecule has 5 heteroatoms. The van der Waals surface area contributed by atoms with Gasteiger partial charge in [-0.15, -0.1) is 0 Å². The maximum absolute atomic E-state index is 10.3. The highest BCUT2D eigenvalue weighted by Crippen LogP contribution is 2.33. The van der Waals surface area contributed by atoms with E-state index >= 15 is 0 Å². The third kappa shape index (κ3) is 2.13. The number of nitrogens with zero attached hydrogens (tertiary/aromatic N) is 1. The number of thioether (sulfide) groups is 1. The van der Waals surface area contributed by atoms with Gasteiger partial charge in [-0.3, -0.25) is 4.79 Å². The maximum atomic E-state index is 10.3. The molecule has 0 saturated carbocycles. The molecule has 1 rings (SSSR count). The van der Waals surface area contributed by atoms with Crippen LogP contribution in [0.15, 0.2) is 11.1 Å². The fourth-order valence-electron chi connectivity index (χ4n) is 0.798. The molecule has 1 aliphatic rings. The van der Waals surface area contributed by atoms with Gasteiger partial charge in [0.1, 0.15) is 10.8 Å². The highest BCUT2D eigenvalue weighted by atomic mass is 79.9. The zero-order chi connectivity index (χ0) is 8.43. The third-order valence-corrected chi connectivity index (χ3v) is 3.45. The Hall–Kier alpha value is -0.160. The number of aliphatic carboxylic acids is 1. The number of carboxylic acid groups (broad SMARTS) is 1. The van der Waals surface area contributed by atoms with Crippen molar-refractivity contribution in [2.75, 3.05) is 6.54 Å². The number of allylic oxidation sites excluding steroid dienone is 1. The molecule has 0 aromatic rings. The molecule has 62 valence electrons. The van der Waals surface area contributed by atoms with Crippen molar-refractivity contribution in [3.8, 4) is 0 Å². The lowest BCUT2D eigenvalue weighted by Gasteiger charge is -2.20. The zero-order valence-electron chi connectivity index (χ0n) is 5.95. The quantitative estimate of drug-likeness (QED) is 0.586. The summed E-state index contributed by atoms with van der Waals surface area (Å²) in [5.74, 6) is -0.801. The number of alkyl halides is 1. The molecule has 0 amide bonds. The first-order chi connectivity index (χ1) is 5.11. The van der Waals surface area contributed by atoms with Gasteiger partial charge in [0, 0.05) is 5.70 Å². The van der Waals surface area contributed by atoms with E-state index < -0.39 is 5.97 Å². The van der Waals surface area contributed by atoms with Crippen LogP contribution < -0.4 is 0 Å². The highest BCUT2D eigenvalue weighted by molar-refractivity contribution is 9.11. The van der Waals surface area contributed by atoms with Crippen molar-refractivity contribution >= 4 is 33.7 Å². The largest absolute Gasteiger partial charge is 0.480 e. The number of hydrogen-bond acceptors (Lipinski definition) is 3. The van der Waals surface area contributed by atoms with E-state index in [1.165, 1.54) is 0 Å². The first-order valence-corrected chi connectivity index (χ1v) is 4.92. The first-order valence-electron chi connectivity index (χ1n) is 3.06. The van der Waals surface area contributed by atoms with Crippen LogP contribution in [0.1, 0.15) is 6.92 Å². The van der Waals surface area contributed by atoms with Crippen LogP contribution in [0.5, 0.6) is 0 Å². The van der Waals surface area contributed by atoms with Gasteiger partial charge in [0.25, 0.3) is 0 Å². The van der Waals surface area contributed by atoms with Crippen LogP contribution in [0.25, 0.3) is 0 Å². The van der Waals surface area contributed by atoms with Gasteiger partial charge >= 0.3 is 5.97 Å². The van der Waals surface area contributed by atoms with Crippen LogP contribution in [0.4, 0.5) is 0 Å². The topological polar surface area (TPSA) is 40.5 Å². The molecule has 3 nitrogen and oxygen atoms in total. The summed E-state index contributed by atoms with van der Waals surface area (Å²) in [6, 6.07) is 0. The van der Waals surface area contributed by atoms with Crippen molar-refractivity contribution in [3.05, 3.63) is 11.1 Å². The van der Waals surface area contributed by atoms with Gasteiger partial charge in [-0.1, -0.05) is 27.7 Å². The molecule has 1 unspecified atom stereocenters. The van der Waals surface area contributed by atoms with Gasteiger partial charge in [0.15, 0.2) is 0 Å². The number of carbonyl (C=O) groups is 1. The average molecular weight is 238 g/mol. The lowest BCUT2D eigenvalue weighted by Crippen LogP contribution is -2.29. The van der Waals surface area contributed by atoms with Crippen LogP contribution in [0.3, 0.4) is 0 Å². The molecule has 0 fully saturated rings. The van der Waals surface area contributed by atoms with Gasteiger partial charge in [0.2, 0.25) is 0 Å². The molecule has 0 aliphatic carbocycles. The van der Waals surface area contributed by atoms with Crippen molar-refractivity contribution in [1.82, 2.24) is 4.90 Å². The lowest BCUT2D eigenvalue weighted by molar-refractivity contribution is -0.137. The van der Waals surface area contributed by atoms with Crippen LogP contribution >= 0.6 is 27.7 Å². The normalized spacial score (nSPS) is 23.6. The summed E-state index contributed by atoms with van der Waals surface area (Å²) in [5.41, 5.74) is 0.999. The minimum absolute atomic E-state index is 0.0608. The van der Waals surface area contributed by atoms with Crippen molar-refractivity contribution in [3.63, 3.8) is 0 Å². The standard InChI is InChI=1S/C6H8BrNO2S/c1-4-3-11-6(7)8(4)2-5(9)10/h3,6H,2H2,1H3,(H,9,10). The summed E-state index contributed by atoms with van der Waals surface area (Å²) >= 11 is 4.92. The smallest absolute Gasteiger partial charge is 0.323 e. The Morgan fingerprint density at radius 1 is 2.00 bits per heavy atom. The predicted octanol–water partition coefficient (Wildman–Crippen LogP) is 1.66. The van der Waals surface area contributed by atoms with Crippen molar-refractivity contribution in [2.45, 2.75) is 11.2 Å². The molecule has 1 atom stereocenters. The van der Waals surface area contributed by atoms with Crippen LogP contribution in [-0.4, -0.2) is 26.8 Å². The monoisotopic (exact) mass is 237 g/mol. The van der Waals surface area contributed by atoms with E-state index in [4.69, 9.17) is 5.11 Å². The van der Waals surface area contributed by atoms with E-state index in [-0.39, 0.29) is 10.8 Å². The number of hydrogen-bond donors (Lipinski definition) is 1. The average Bonchev–Trinajstić information content (AvgIpc) is 2.18. The second-order valence-electron chi connectivity index (χ2n) is 2.21. The van der Waals surface area contributed by atoms with Gasteiger partial charge in [-0.2, -0.15) is 0 Å². The van der Waals surface area contributed by atoms with E-state index in [2.05, 4.69) is 15.9 Å². The maximum Gasteiger partial charge on any atom is 0.323 e. The Kier molecular flexibility index (Phi) is 2.84. The van der Waals surface area contributed by atoms with E-state index in [1.807, 2.05) is 12.3 Å². The Balaban J connectivity index is 2.56. The first kappa shape index (κ1) is 8.93. The van der Waals surface area contributed by atoms with Gasteiger partial charge in [0.05, 0.1) is 0 Å². The Labute approximate surface area is 77.6 Å². The SMILES string of the molecule is CC1=CSC(Br)N1CC(=O)O. The number of halogens is 1. The van der Waals surface area contributed by atoms with Gasteiger partial charge < -0.3 is 10.0 Å². The minimum Gasteiger partial charge on any atom is -0.480 e. The summed E-state index contributed by atoms with van der Waals surface area (Å²) in [5, 5.41) is 10.5. The summed E-state index contributed by atoms with van der Waals surface area (Å²) < 4.78 is 0.0820. The van der Waals surface area contributed by atoms with Crippen LogP contribution in [0.2, 0.25) is 0 Å². The fourth-order valence-corrected chi connectivity index (χ4v) is 2.42. The highest BCUT2D eigenvalue weighted by Gasteiger charge is 2.23. The molecule has 1 aliphatic heterocycles. The minimum atomic E-state index is -0.801. The van der Waals surface area contributed by atoms with Gasteiger partial charge in [-0.05, 0) is 12.3 Å². The fraction of sp³-hybridized carbons (Fsp3) is 0.500. The van der Waals surface area contributed by atoms with Crippen LogP contribution in [-0.2, 0) is 4.79 Å². The Morgan fingerprint density at radius 3 is 3.00 bits per heavy atom. The summed E-state index contributed by atoms with van der Waals surface area (Å²) in [7, 11) is 0. The molecular weight excluding hydrogens is 230 g/mol. The van der Waals surface area contributed by atoms with Crippen molar-refractivity contribution in [2.24, 2.45) is 0 Å². The summed E-state index contributed by atoms with van der Waals surface area (Å²) in [4.78, 5) is 12.1. The second kappa shape index (κ2) is 3.49. The molecule has 1 N–H and O–H groups in total. The van der Waals surface area contributed by atoms with Crippen molar-refractivity contribution in [1.29, 1.82) is 0 Å². The third-order valence-electron chi connectivity index (χ3n) is 1.35. The molecule has 0 aromatic carbocycles. The van der Waals surface area contributed by atoms with E-state index in [9.17, 15) is 4.79 Å². The molecule has 0 saturated heterocycles. The number of carboxylic acids is 1. The lowest BCUT2D eigenvalue weighted by atomic mass is 10.4. The van der Waals surface area contributed by atoms with E-state index in [1.54, 1.807) is 16.7 Å². The zero-order valence-corrected chi connectivity index (χ0v) is 8.35. The predicted molar refractivity (Wildman–Crippen MR) is 48.4 cm³/mol. The Morgan fingerprint density at radius 2 is 2.64 bits per heavy atom. The molecule has 1 heterocycles. The molecule has 11 heavy (non-hydrogen) atoms. The molecule has 0 aromatic heterocycles. The summed E-state index contributed by atoms with van der Waals surface area (Å²) in [6.45, 7) is 1.96. The molecule has 0 bridgehead atoms. The Bertz CT molecular complexity index is 207. The summed E-state index contributed by atoms with van der Waals surface area (Å²) in [6.07, 6.45) is 0.